The summed E-state index contributed by atoms with van der Waals surface area (Å²) in [4.78, 5) is 23.5. The maximum absolute atomic E-state index is 11.4. The maximum Gasteiger partial charge on any atom is 0.241 e. The molecule has 0 heterocycles. The molecule has 0 atom stereocenters. The summed E-state index contributed by atoms with van der Waals surface area (Å²) in [5.41, 5.74) is 5.82. The van der Waals surface area contributed by atoms with Gasteiger partial charge < -0.3 is 10.6 Å². The first-order valence-corrected chi connectivity index (χ1v) is 8.22. The van der Waals surface area contributed by atoms with Crippen molar-refractivity contribution in [3.8, 4) is 0 Å². The van der Waals surface area contributed by atoms with Gasteiger partial charge in [-0.05, 0) is 36.6 Å². The van der Waals surface area contributed by atoms with Crippen LogP contribution in [0.2, 0.25) is 5.02 Å². The summed E-state index contributed by atoms with van der Waals surface area (Å²) < 4.78 is 0. The Morgan fingerprint density at radius 1 is 1.13 bits per heavy atom. The fourth-order valence-electron chi connectivity index (χ4n) is 2.47. The number of benzene rings is 1. The van der Waals surface area contributed by atoms with E-state index in [4.69, 9.17) is 17.3 Å². The van der Waals surface area contributed by atoms with Gasteiger partial charge in [-0.3, -0.25) is 9.59 Å². The lowest BCUT2D eigenvalue weighted by Crippen LogP contribution is -2.30. The zero-order valence-electron chi connectivity index (χ0n) is 13.8. The van der Waals surface area contributed by atoms with E-state index in [1.807, 2.05) is 26.2 Å². The van der Waals surface area contributed by atoms with Crippen LogP contribution in [0.15, 0.2) is 30.3 Å². The number of primary amides is 1. The Hall–Kier alpha value is -1.81. The maximum atomic E-state index is 11.4. The van der Waals surface area contributed by atoms with E-state index in [2.05, 4.69) is 0 Å². The SMILES string of the molecule is CN(C)C(=O)C1CCCCC1.NC(=O)/C=C/c1ccc(Cl)cc1. The Balaban J connectivity index is 0.000000231. The highest BCUT2D eigenvalue weighted by Crippen LogP contribution is 2.24. The number of hydrogen-bond donors (Lipinski definition) is 1. The van der Waals surface area contributed by atoms with Crippen molar-refractivity contribution >= 4 is 29.5 Å². The van der Waals surface area contributed by atoms with E-state index >= 15 is 0 Å². The van der Waals surface area contributed by atoms with Crippen molar-refractivity contribution in [3.05, 3.63) is 40.9 Å². The molecule has 0 aromatic heterocycles. The average Bonchev–Trinajstić information content (AvgIpc) is 2.55. The molecule has 2 amide bonds. The normalized spacial score (nSPS) is 14.9. The van der Waals surface area contributed by atoms with Crippen molar-refractivity contribution in [2.45, 2.75) is 32.1 Å². The lowest BCUT2D eigenvalue weighted by Gasteiger charge is -2.23. The summed E-state index contributed by atoms with van der Waals surface area (Å²) >= 11 is 5.66. The number of nitrogens with two attached hydrogens (primary N) is 1. The topological polar surface area (TPSA) is 63.4 Å². The van der Waals surface area contributed by atoms with Crippen molar-refractivity contribution in [2.75, 3.05) is 14.1 Å². The van der Waals surface area contributed by atoms with Gasteiger partial charge in [0.15, 0.2) is 0 Å². The molecule has 1 fully saturated rings. The molecule has 5 heteroatoms. The highest BCUT2D eigenvalue weighted by atomic mass is 35.5. The summed E-state index contributed by atoms with van der Waals surface area (Å²) in [6, 6.07) is 7.12. The van der Waals surface area contributed by atoms with E-state index in [0.717, 1.165) is 18.4 Å². The second kappa shape index (κ2) is 10.1. The number of hydrogen-bond acceptors (Lipinski definition) is 2. The smallest absolute Gasteiger partial charge is 0.241 e. The third kappa shape index (κ3) is 7.84. The van der Waals surface area contributed by atoms with Gasteiger partial charge in [-0.1, -0.05) is 43.0 Å². The number of carbonyl (C=O) groups excluding carboxylic acids is 2. The van der Waals surface area contributed by atoms with Gasteiger partial charge >= 0.3 is 0 Å². The van der Waals surface area contributed by atoms with Crippen LogP contribution in [-0.4, -0.2) is 30.8 Å². The largest absolute Gasteiger partial charge is 0.366 e. The molecule has 4 nitrogen and oxygen atoms in total. The Morgan fingerprint density at radius 3 is 2.17 bits per heavy atom. The first kappa shape index (κ1) is 19.2. The van der Waals surface area contributed by atoms with Crippen LogP contribution >= 0.6 is 11.6 Å². The Kier molecular flexibility index (Phi) is 8.41. The molecule has 0 saturated heterocycles. The predicted octanol–water partition coefficient (Wildman–Crippen LogP) is 3.49. The molecule has 1 aromatic rings. The monoisotopic (exact) mass is 336 g/mol. The van der Waals surface area contributed by atoms with E-state index in [1.165, 1.54) is 25.3 Å². The lowest BCUT2D eigenvalue weighted by atomic mass is 9.88. The summed E-state index contributed by atoms with van der Waals surface area (Å²) in [6.07, 6.45) is 8.96. The van der Waals surface area contributed by atoms with Crippen molar-refractivity contribution < 1.29 is 9.59 Å². The molecule has 1 aliphatic rings. The molecule has 126 valence electrons. The van der Waals surface area contributed by atoms with Gasteiger partial charge in [0.05, 0.1) is 0 Å². The fraction of sp³-hybridized carbons (Fsp3) is 0.444. The molecule has 2 rings (SSSR count). The molecule has 1 saturated carbocycles. The van der Waals surface area contributed by atoms with Crippen molar-refractivity contribution in [1.29, 1.82) is 0 Å². The van der Waals surface area contributed by atoms with Gasteiger partial charge in [-0.2, -0.15) is 0 Å². The Bertz CT molecular complexity index is 532. The third-order valence-electron chi connectivity index (χ3n) is 3.71. The quantitative estimate of drug-likeness (QED) is 0.859. The zero-order valence-corrected chi connectivity index (χ0v) is 14.6. The molecule has 0 bridgehead atoms. The van der Waals surface area contributed by atoms with E-state index < -0.39 is 5.91 Å². The predicted molar refractivity (Wildman–Crippen MR) is 94.9 cm³/mol. The molecule has 0 radical (unpaired) electrons. The van der Waals surface area contributed by atoms with E-state index in [-0.39, 0.29) is 0 Å². The third-order valence-corrected chi connectivity index (χ3v) is 3.96. The number of carbonyl (C=O) groups is 2. The number of amides is 2. The van der Waals surface area contributed by atoms with Gasteiger partial charge in [0, 0.05) is 31.1 Å². The Labute approximate surface area is 143 Å². The molecule has 1 aliphatic carbocycles. The Morgan fingerprint density at radius 2 is 1.70 bits per heavy atom. The van der Waals surface area contributed by atoms with Crippen LogP contribution in [0.5, 0.6) is 0 Å². The molecular formula is C18H25ClN2O2. The first-order valence-electron chi connectivity index (χ1n) is 7.84. The number of rotatable bonds is 3. The standard InChI is InChI=1S/C9H8ClNO.C9H17NO/c10-8-4-1-7(2-5-8)3-6-9(11)12;1-10(2)9(11)8-6-4-3-5-7-8/h1-6H,(H2,11,12);8H,3-7H2,1-2H3/b6-3+;. The van der Waals surface area contributed by atoms with Crippen molar-refractivity contribution in [2.24, 2.45) is 11.7 Å². The zero-order chi connectivity index (χ0) is 17.2. The minimum atomic E-state index is -0.454. The van der Waals surface area contributed by atoms with Gasteiger partial charge in [0.25, 0.3) is 0 Å². The lowest BCUT2D eigenvalue weighted by molar-refractivity contribution is -0.133. The van der Waals surface area contributed by atoms with E-state index in [1.54, 1.807) is 23.1 Å². The number of halogens is 1. The second-order valence-corrected chi connectivity index (χ2v) is 6.29. The highest BCUT2D eigenvalue weighted by Gasteiger charge is 2.21. The average molecular weight is 337 g/mol. The van der Waals surface area contributed by atoms with Crippen LogP contribution in [0.1, 0.15) is 37.7 Å². The van der Waals surface area contributed by atoms with Crippen LogP contribution in [0.4, 0.5) is 0 Å². The van der Waals surface area contributed by atoms with Gasteiger partial charge in [0.2, 0.25) is 11.8 Å². The molecule has 0 spiro atoms. The minimum absolute atomic E-state index is 0.324. The van der Waals surface area contributed by atoms with Gasteiger partial charge in [0.1, 0.15) is 0 Å². The van der Waals surface area contributed by atoms with Crippen LogP contribution in [0.3, 0.4) is 0 Å². The number of nitrogens with zero attached hydrogens (tertiary/aromatic N) is 1. The first-order chi connectivity index (χ1) is 10.9. The van der Waals surface area contributed by atoms with E-state index in [9.17, 15) is 9.59 Å². The molecular weight excluding hydrogens is 312 g/mol. The van der Waals surface area contributed by atoms with Crippen LogP contribution in [0.25, 0.3) is 6.08 Å². The summed E-state index contributed by atoms with van der Waals surface area (Å²) in [7, 11) is 3.69. The van der Waals surface area contributed by atoms with Gasteiger partial charge in [-0.15, -0.1) is 0 Å². The van der Waals surface area contributed by atoms with Crippen molar-refractivity contribution in [3.63, 3.8) is 0 Å². The summed E-state index contributed by atoms with van der Waals surface area (Å²) in [5.74, 6) is 0.202. The van der Waals surface area contributed by atoms with Crippen LogP contribution < -0.4 is 5.73 Å². The van der Waals surface area contributed by atoms with Crippen LogP contribution in [0, 0.1) is 5.92 Å². The minimum Gasteiger partial charge on any atom is -0.366 e. The molecule has 0 unspecified atom stereocenters. The summed E-state index contributed by atoms with van der Waals surface area (Å²) in [5, 5.41) is 0.672. The molecule has 23 heavy (non-hydrogen) atoms. The summed E-state index contributed by atoms with van der Waals surface area (Å²) in [6.45, 7) is 0. The van der Waals surface area contributed by atoms with Crippen molar-refractivity contribution in [1.82, 2.24) is 4.90 Å². The van der Waals surface area contributed by atoms with E-state index in [0.29, 0.717) is 16.8 Å². The van der Waals surface area contributed by atoms with Crippen LogP contribution in [-0.2, 0) is 9.59 Å². The molecule has 0 aliphatic heterocycles. The molecule has 1 aromatic carbocycles. The van der Waals surface area contributed by atoms with Gasteiger partial charge in [-0.25, -0.2) is 0 Å². The highest BCUT2D eigenvalue weighted by molar-refractivity contribution is 6.30. The fourth-order valence-corrected chi connectivity index (χ4v) is 2.59. The second-order valence-electron chi connectivity index (χ2n) is 5.85. The molecule has 2 N–H and O–H groups in total.